The maximum Gasteiger partial charge on any atom is 0.244 e. The monoisotopic (exact) mass is 773 g/mol. The molecule has 0 rings (SSSR count). The van der Waals surface area contributed by atoms with Crippen LogP contribution >= 0.6 is 43.5 Å². The van der Waals surface area contributed by atoms with Crippen LogP contribution in [-0.4, -0.2) is 158 Å². The van der Waals surface area contributed by atoms with E-state index in [0.717, 1.165) is 6.42 Å². The Balaban J connectivity index is 5.76. The normalized spacial score (nSPS) is 16.6. The molecule has 0 heterocycles. The van der Waals surface area contributed by atoms with Gasteiger partial charge in [0.1, 0.15) is 18.1 Å². The van der Waals surface area contributed by atoms with Crippen LogP contribution in [0.1, 0.15) is 19.8 Å². The summed E-state index contributed by atoms with van der Waals surface area (Å²) in [6.07, 6.45) is 1.08. The predicted octanol–water partition coefficient (Wildman–Crippen LogP) is -0.388. The lowest BCUT2D eigenvalue weighted by Crippen LogP contribution is -2.60. The first-order valence-electron chi connectivity index (χ1n) is 13.4. The Hall–Kier alpha value is -1.32. The standard InChI is InChI=1S/C20H47N5O18S4/c1-2-5-42-7-8-43-6-3-4-22-18(27)14(10-45(33,34)35)24-20(29)16(12-47(39,40)41)25-19(28)15(11-46(36,37)38)23-17(26)13(21)9-44(30,31)32/h13-16,30-41H,2-12,21H2,1H3,(H,22,27)(H,23,26)(H,24,29)(H,25,28)/t13-,14-,15-,16-/m0/s1. The lowest BCUT2D eigenvalue weighted by atomic mass is 10.2. The summed E-state index contributed by atoms with van der Waals surface area (Å²) in [5, 5.41) is 7.88. The van der Waals surface area contributed by atoms with Gasteiger partial charge in [-0.1, -0.05) is 6.92 Å². The number of carbonyl (C=O) groups excluding carboxylic acids is 4. The van der Waals surface area contributed by atoms with Crippen LogP contribution in [0.2, 0.25) is 0 Å². The van der Waals surface area contributed by atoms with E-state index < -0.39 is 114 Å². The van der Waals surface area contributed by atoms with E-state index in [1.54, 1.807) is 5.32 Å². The van der Waals surface area contributed by atoms with Gasteiger partial charge in [0.05, 0.1) is 85.7 Å². The topological polar surface area (TPSA) is 404 Å². The van der Waals surface area contributed by atoms with Gasteiger partial charge in [-0.3, -0.25) is 19.2 Å². The fourth-order valence-electron chi connectivity index (χ4n) is 3.33. The molecule has 27 heteroatoms. The van der Waals surface area contributed by atoms with Crippen LogP contribution in [0.4, 0.5) is 0 Å². The molecule has 0 aliphatic rings. The molecule has 0 saturated carbocycles. The molecular formula is C20H47N5O18S4. The molecule has 0 radical (unpaired) electrons. The van der Waals surface area contributed by atoms with E-state index >= 15 is 0 Å². The van der Waals surface area contributed by atoms with Crippen LogP contribution in [0.3, 0.4) is 0 Å². The van der Waals surface area contributed by atoms with Crippen molar-refractivity contribution in [2.24, 2.45) is 5.73 Å². The van der Waals surface area contributed by atoms with Crippen molar-refractivity contribution in [1.29, 1.82) is 0 Å². The molecule has 23 nitrogen and oxygen atoms in total. The number of nitrogens with two attached hydrogens (primary N) is 1. The molecule has 18 N–H and O–H groups in total. The summed E-state index contributed by atoms with van der Waals surface area (Å²) < 4.78 is 123. The molecule has 0 spiro atoms. The van der Waals surface area contributed by atoms with E-state index in [2.05, 4.69) is 5.32 Å². The molecule has 0 unspecified atom stereocenters. The molecule has 4 amide bonds. The number of rotatable bonds is 24. The molecule has 47 heavy (non-hydrogen) atoms. The lowest BCUT2D eigenvalue weighted by Gasteiger charge is -2.31. The van der Waals surface area contributed by atoms with Crippen LogP contribution in [0.15, 0.2) is 0 Å². The molecule has 0 saturated heterocycles. The maximum absolute atomic E-state index is 13.1. The van der Waals surface area contributed by atoms with Gasteiger partial charge in [-0.25, -0.2) is 0 Å². The van der Waals surface area contributed by atoms with Gasteiger partial charge in [-0.15, -0.1) is 0 Å². The Morgan fingerprint density at radius 2 is 0.915 bits per heavy atom. The molecule has 0 aromatic carbocycles. The number of nitrogens with one attached hydrogen (secondary N) is 4. The van der Waals surface area contributed by atoms with Gasteiger partial charge >= 0.3 is 0 Å². The van der Waals surface area contributed by atoms with E-state index in [0.29, 0.717) is 13.2 Å². The molecule has 0 aromatic heterocycles. The average molecular weight is 774 g/mol. The van der Waals surface area contributed by atoms with E-state index in [1.165, 1.54) is 0 Å². The van der Waals surface area contributed by atoms with E-state index in [9.17, 15) is 60.2 Å². The van der Waals surface area contributed by atoms with Crippen molar-refractivity contribution in [2.45, 2.75) is 43.9 Å². The largest absolute Gasteiger partial charge is 0.379 e. The minimum absolute atomic E-state index is 0.0640. The number of hydrogen-bond acceptors (Lipinski definition) is 19. The number of ether oxygens (including phenoxy) is 2. The Morgan fingerprint density at radius 3 is 1.30 bits per heavy atom. The highest BCUT2D eigenvalue weighted by Gasteiger charge is 2.37. The van der Waals surface area contributed by atoms with Gasteiger partial charge in [0, 0.05) is 19.8 Å². The first kappa shape index (κ1) is 45.7. The van der Waals surface area contributed by atoms with E-state index in [4.69, 9.17) is 28.9 Å². The zero-order chi connectivity index (χ0) is 36.6. The average Bonchev–Trinajstić information content (AvgIpc) is 2.87. The summed E-state index contributed by atoms with van der Waals surface area (Å²) in [4.78, 5) is 51.0. The minimum atomic E-state index is -4.63. The van der Waals surface area contributed by atoms with Crippen molar-refractivity contribution in [3.05, 3.63) is 0 Å². The fraction of sp³-hybridized carbons (Fsp3) is 0.800. The fourth-order valence-corrected chi connectivity index (χ4v) is 6.01. The van der Waals surface area contributed by atoms with Crippen molar-refractivity contribution in [1.82, 2.24) is 21.3 Å². The zero-order valence-corrected chi connectivity index (χ0v) is 28.4. The third kappa shape index (κ3) is 24.5. The van der Waals surface area contributed by atoms with Gasteiger partial charge in [0.2, 0.25) is 23.6 Å². The van der Waals surface area contributed by atoms with Crippen LogP contribution in [0.5, 0.6) is 0 Å². The van der Waals surface area contributed by atoms with Crippen molar-refractivity contribution >= 4 is 67.1 Å². The third-order valence-electron chi connectivity index (χ3n) is 5.29. The first-order chi connectivity index (χ1) is 21.3. The third-order valence-corrected chi connectivity index (χ3v) is 8.44. The van der Waals surface area contributed by atoms with E-state index in [-0.39, 0.29) is 26.2 Å². The van der Waals surface area contributed by atoms with Gasteiger partial charge < -0.3 is 91.1 Å². The molecule has 4 atom stereocenters. The molecule has 0 fully saturated rings. The number of hydrogen-bond donors (Lipinski definition) is 17. The van der Waals surface area contributed by atoms with Crippen LogP contribution in [-0.2, 0) is 28.7 Å². The Morgan fingerprint density at radius 1 is 0.553 bits per heavy atom. The minimum Gasteiger partial charge on any atom is -0.379 e. The molecule has 284 valence electrons. The Kier molecular flexibility index (Phi) is 20.4. The second kappa shape index (κ2) is 21.0. The summed E-state index contributed by atoms with van der Waals surface area (Å²) in [6, 6.07) is -8.26. The second-order valence-corrected chi connectivity index (χ2v) is 16.2. The Labute approximate surface area is 276 Å². The highest BCUT2D eigenvalue weighted by Crippen LogP contribution is 2.36. The summed E-state index contributed by atoms with van der Waals surface area (Å²) in [5.41, 5.74) is 5.41. The maximum atomic E-state index is 13.1. The molecular weight excluding hydrogens is 727 g/mol. The smallest absolute Gasteiger partial charge is 0.244 e. The van der Waals surface area contributed by atoms with Crippen molar-refractivity contribution in [3.63, 3.8) is 0 Å². The molecule has 0 bridgehead atoms. The van der Waals surface area contributed by atoms with Crippen LogP contribution < -0.4 is 27.0 Å². The van der Waals surface area contributed by atoms with Gasteiger partial charge in [0.15, 0.2) is 0 Å². The van der Waals surface area contributed by atoms with Crippen LogP contribution in [0, 0.1) is 0 Å². The van der Waals surface area contributed by atoms with Gasteiger partial charge in [-0.2, -0.15) is 0 Å². The van der Waals surface area contributed by atoms with Crippen molar-refractivity contribution in [3.8, 4) is 0 Å². The van der Waals surface area contributed by atoms with Gasteiger partial charge in [0.25, 0.3) is 0 Å². The van der Waals surface area contributed by atoms with Gasteiger partial charge in [-0.05, 0) is 12.8 Å². The number of carbonyl (C=O) groups is 4. The zero-order valence-electron chi connectivity index (χ0n) is 25.1. The molecule has 0 aliphatic heterocycles. The molecule has 0 aliphatic carbocycles. The highest BCUT2D eigenvalue weighted by atomic mass is 32.3. The SMILES string of the molecule is CCCOCCOCCCNC(=O)[C@H](CS(O)(O)O)NC(=O)[C@H](CS(O)(O)O)NC(=O)[C@H](CS(O)(O)O)NC(=O)[C@@H](N)CS(O)(O)O. The number of amides is 4. The Bertz CT molecular complexity index is 991. The highest BCUT2D eigenvalue weighted by molar-refractivity contribution is 8.20. The van der Waals surface area contributed by atoms with Crippen molar-refractivity contribution < 1.29 is 83.3 Å². The first-order valence-corrected chi connectivity index (χ1v) is 20.1. The molecule has 0 aromatic rings. The summed E-state index contributed by atoms with van der Waals surface area (Å²) in [5.74, 6) is -10.6. The second-order valence-electron chi connectivity index (χ2n) is 9.85. The lowest BCUT2D eigenvalue weighted by molar-refractivity contribution is -0.133. The quantitative estimate of drug-likeness (QED) is 0.0555. The summed E-state index contributed by atoms with van der Waals surface area (Å²) in [7, 11) is -18.0. The van der Waals surface area contributed by atoms with E-state index in [1.807, 2.05) is 17.6 Å². The van der Waals surface area contributed by atoms with Crippen molar-refractivity contribution in [2.75, 3.05) is 56.0 Å². The summed E-state index contributed by atoms with van der Waals surface area (Å²) in [6.45, 7) is 3.23. The van der Waals surface area contributed by atoms with Crippen LogP contribution in [0.25, 0.3) is 0 Å². The summed E-state index contributed by atoms with van der Waals surface area (Å²) >= 11 is 0. The predicted molar refractivity (Wildman–Crippen MR) is 175 cm³/mol.